The first-order chi connectivity index (χ1) is 12.5. The number of hydrogen-bond acceptors (Lipinski definition) is 3. The van der Waals surface area contributed by atoms with Gasteiger partial charge in [0.1, 0.15) is 5.75 Å². The van der Waals surface area contributed by atoms with Crippen LogP contribution >= 0.6 is 11.3 Å². The molecule has 2 aromatic carbocycles. The molecule has 0 aliphatic carbocycles. The van der Waals surface area contributed by atoms with Gasteiger partial charge in [0.15, 0.2) is 11.4 Å². The number of benzene rings is 2. The zero-order chi connectivity index (χ0) is 18.7. The molecule has 0 aliphatic heterocycles. The van der Waals surface area contributed by atoms with Crippen molar-refractivity contribution in [3.63, 3.8) is 0 Å². The van der Waals surface area contributed by atoms with Gasteiger partial charge in [-0.05, 0) is 61.7 Å². The van der Waals surface area contributed by atoms with Gasteiger partial charge in [0.05, 0.1) is 10.2 Å². The molecule has 1 heterocycles. The second-order valence-corrected chi connectivity index (χ2v) is 7.31. The first kappa shape index (κ1) is 18.1. The monoisotopic (exact) mass is 366 g/mol. The van der Waals surface area contributed by atoms with Crippen molar-refractivity contribution in [2.24, 2.45) is 4.99 Å². The molecule has 4 nitrogen and oxygen atoms in total. The number of hydrogen-bond donors (Lipinski definition) is 0. The third kappa shape index (κ3) is 3.94. The molecule has 0 aliphatic rings. The summed E-state index contributed by atoms with van der Waals surface area (Å²) in [5.74, 6) is 0.374. The van der Waals surface area contributed by atoms with Gasteiger partial charge in [0.2, 0.25) is 0 Å². The summed E-state index contributed by atoms with van der Waals surface area (Å²) in [5, 5.41) is 0. The van der Waals surface area contributed by atoms with Crippen LogP contribution in [0.4, 0.5) is 0 Å². The van der Waals surface area contributed by atoms with Crippen molar-refractivity contribution in [1.82, 2.24) is 4.57 Å². The Morgan fingerprint density at radius 3 is 2.73 bits per heavy atom. The molecule has 0 unspecified atom stereocenters. The third-order valence-corrected chi connectivity index (χ3v) is 5.22. The molecule has 0 saturated heterocycles. The summed E-state index contributed by atoms with van der Waals surface area (Å²) < 4.78 is 8.69. The zero-order valence-electron chi connectivity index (χ0n) is 15.3. The maximum absolute atomic E-state index is 12.3. The highest BCUT2D eigenvalue weighted by atomic mass is 32.1. The van der Waals surface area contributed by atoms with Crippen LogP contribution in [-0.4, -0.2) is 17.1 Å². The van der Waals surface area contributed by atoms with Crippen LogP contribution in [0.15, 0.2) is 54.0 Å². The predicted octanol–water partition coefficient (Wildman–Crippen LogP) is 4.32. The molecule has 0 radical (unpaired) electrons. The van der Waals surface area contributed by atoms with Gasteiger partial charge in [-0.2, -0.15) is 4.99 Å². The normalized spacial score (nSPS) is 11.7. The average Bonchev–Trinajstić information content (AvgIpc) is 2.91. The van der Waals surface area contributed by atoms with E-state index >= 15 is 0 Å². The van der Waals surface area contributed by atoms with Crippen LogP contribution in [0.1, 0.15) is 16.7 Å². The van der Waals surface area contributed by atoms with Gasteiger partial charge >= 0.3 is 0 Å². The van der Waals surface area contributed by atoms with Crippen LogP contribution in [0, 0.1) is 20.8 Å². The van der Waals surface area contributed by atoms with Crippen molar-refractivity contribution >= 4 is 27.5 Å². The SMILES string of the molecule is C=CCn1c(=NC(=O)COc2cccc(C)c2)sc2cc(C)c(C)cc21. The van der Waals surface area contributed by atoms with E-state index in [2.05, 4.69) is 37.6 Å². The summed E-state index contributed by atoms with van der Waals surface area (Å²) in [6.45, 7) is 10.5. The molecule has 0 atom stereocenters. The number of nitrogens with zero attached hydrogens (tertiary/aromatic N) is 2. The second-order valence-electron chi connectivity index (χ2n) is 6.30. The van der Waals surface area contributed by atoms with Crippen LogP contribution in [0.5, 0.6) is 5.75 Å². The Balaban J connectivity index is 1.91. The van der Waals surface area contributed by atoms with Crippen LogP contribution in [-0.2, 0) is 11.3 Å². The average molecular weight is 366 g/mol. The number of carbonyl (C=O) groups is 1. The standard InChI is InChI=1S/C21H22N2O2S/c1-5-9-23-18-11-15(3)16(4)12-19(18)26-21(23)22-20(24)13-25-17-8-6-7-14(2)10-17/h5-8,10-12H,1,9,13H2,2-4H3. The Hall–Kier alpha value is -2.66. The van der Waals surface area contributed by atoms with Crippen LogP contribution in [0.2, 0.25) is 0 Å². The molecule has 3 aromatic rings. The van der Waals surface area contributed by atoms with Crippen molar-refractivity contribution in [2.45, 2.75) is 27.3 Å². The van der Waals surface area contributed by atoms with Crippen LogP contribution in [0.3, 0.4) is 0 Å². The number of fused-ring (bicyclic) bond motifs is 1. The zero-order valence-corrected chi connectivity index (χ0v) is 16.1. The maximum Gasteiger partial charge on any atom is 0.286 e. The number of amides is 1. The highest BCUT2D eigenvalue weighted by molar-refractivity contribution is 7.16. The molecule has 1 aromatic heterocycles. The molecule has 0 bridgehead atoms. The Kier molecular flexibility index (Phi) is 5.38. The first-order valence-corrected chi connectivity index (χ1v) is 9.28. The summed E-state index contributed by atoms with van der Waals surface area (Å²) in [5.41, 5.74) is 4.61. The predicted molar refractivity (Wildman–Crippen MR) is 107 cm³/mol. The Morgan fingerprint density at radius 2 is 2.00 bits per heavy atom. The Labute approximate surface area is 157 Å². The first-order valence-electron chi connectivity index (χ1n) is 8.46. The molecule has 1 amide bonds. The summed E-state index contributed by atoms with van der Waals surface area (Å²) in [6, 6.07) is 11.9. The number of carbonyl (C=O) groups excluding carboxylic acids is 1. The number of ether oxygens (including phenoxy) is 1. The highest BCUT2D eigenvalue weighted by Gasteiger charge is 2.09. The van der Waals surface area contributed by atoms with E-state index in [0.717, 1.165) is 15.8 Å². The molecule has 3 rings (SSSR count). The Bertz CT molecular complexity index is 1040. The second kappa shape index (κ2) is 7.70. The fraction of sp³-hybridized carbons (Fsp3) is 0.238. The van der Waals surface area contributed by atoms with E-state index in [-0.39, 0.29) is 12.5 Å². The van der Waals surface area contributed by atoms with E-state index < -0.39 is 0 Å². The van der Waals surface area contributed by atoms with Gasteiger partial charge in [-0.15, -0.1) is 6.58 Å². The van der Waals surface area contributed by atoms with E-state index in [0.29, 0.717) is 17.1 Å². The fourth-order valence-electron chi connectivity index (χ4n) is 2.70. The molecule has 5 heteroatoms. The van der Waals surface area contributed by atoms with Gasteiger partial charge < -0.3 is 9.30 Å². The van der Waals surface area contributed by atoms with Crippen molar-refractivity contribution < 1.29 is 9.53 Å². The lowest BCUT2D eigenvalue weighted by Gasteiger charge is -2.05. The molecule has 0 N–H and O–H groups in total. The minimum Gasteiger partial charge on any atom is -0.484 e. The van der Waals surface area contributed by atoms with Crippen LogP contribution < -0.4 is 9.54 Å². The van der Waals surface area contributed by atoms with Crippen molar-refractivity contribution in [1.29, 1.82) is 0 Å². The minimum absolute atomic E-state index is 0.0795. The number of thiazole rings is 1. The van der Waals surface area contributed by atoms with Crippen molar-refractivity contribution in [3.05, 3.63) is 70.5 Å². The van der Waals surface area contributed by atoms with Gasteiger partial charge in [-0.25, -0.2) is 0 Å². The molecule has 134 valence electrons. The minimum atomic E-state index is -0.302. The fourth-order valence-corrected chi connectivity index (χ4v) is 3.84. The molecule has 0 spiro atoms. The quantitative estimate of drug-likeness (QED) is 0.631. The summed E-state index contributed by atoms with van der Waals surface area (Å²) in [4.78, 5) is 17.3. The number of allylic oxidation sites excluding steroid dienone is 1. The summed E-state index contributed by atoms with van der Waals surface area (Å²) in [7, 11) is 0. The van der Waals surface area contributed by atoms with Gasteiger partial charge in [0.25, 0.3) is 5.91 Å². The van der Waals surface area contributed by atoms with E-state index in [1.165, 1.54) is 22.5 Å². The largest absolute Gasteiger partial charge is 0.484 e. The highest BCUT2D eigenvalue weighted by Crippen LogP contribution is 2.22. The van der Waals surface area contributed by atoms with Gasteiger partial charge in [-0.1, -0.05) is 29.5 Å². The lowest BCUT2D eigenvalue weighted by atomic mass is 10.1. The molecule has 26 heavy (non-hydrogen) atoms. The molecule has 0 saturated carbocycles. The van der Waals surface area contributed by atoms with E-state index in [1.54, 1.807) is 0 Å². The van der Waals surface area contributed by atoms with Crippen LogP contribution in [0.25, 0.3) is 10.2 Å². The van der Waals surface area contributed by atoms with E-state index in [9.17, 15) is 4.79 Å². The topological polar surface area (TPSA) is 43.6 Å². The summed E-state index contributed by atoms with van der Waals surface area (Å²) in [6.07, 6.45) is 1.81. The van der Waals surface area contributed by atoms with E-state index in [1.807, 2.05) is 41.8 Å². The Morgan fingerprint density at radius 1 is 1.23 bits per heavy atom. The van der Waals surface area contributed by atoms with Gasteiger partial charge in [-0.3, -0.25) is 4.79 Å². The lowest BCUT2D eigenvalue weighted by molar-refractivity contribution is -0.120. The van der Waals surface area contributed by atoms with Crippen molar-refractivity contribution in [2.75, 3.05) is 6.61 Å². The molecule has 0 fully saturated rings. The number of aryl methyl sites for hydroxylation is 3. The summed E-state index contributed by atoms with van der Waals surface area (Å²) >= 11 is 1.51. The molecular formula is C21H22N2O2S. The van der Waals surface area contributed by atoms with Crippen molar-refractivity contribution in [3.8, 4) is 5.75 Å². The maximum atomic E-state index is 12.3. The van der Waals surface area contributed by atoms with Gasteiger partial charge in [0, 0.05) is 6.54 Å². The number of rotatable bonds is 5. The third-order valence-electron chi connectivity index (χ3n) is 4.18. The molecular weight excluding hydrogens is 344 g/mol. The smallest absolute Gasteiger partial charge is 0.286 e. The number of aromatic nitrogens is 1. The van der Waals surface area contributed by atoms with E-state index in [4.69, 9.17) is 4.74 Å². The lowest BCUT2D eigenvalue weighted by Crippen LogP contribution is -2.19.